The number of benzene rings is 1. The van der Waals surface area contributed by atoms with Gasteiger partial charge >= 0.3 is 0 Å². The van der Waals surface area contributed by atoms with E-state index in [9.17, 15) is 8.42 Å². The summed E-state index contributed by atoms with van der Waals surface area (Å²) in [7, 11) is -3.64. The predicted molar refractivity (Wildman–Crippen MR) is 93.9 cm³/mol. The third kappa shape index (κ3) is 4.43. The maximum Gasteiger partial charge on any atom is 0.241 e. The molecule has 3 N–H and O–H groups in total. The van der Waals surface area contributed by atoms with Gasteiger partial charge in [0.1, 0.15) is 12.0 Å². The van der Waals surface area contributed by atoms with E-state index in [0.717, 1.165) is 5.56 Å². The minimum absolute atomic E-state index is 0.204. The molecule has 2 aromatic rings. The van der Waals surface area contributed by atoms with Crippen LogP contribution in [0.5, 0.6) is 0 Å². The van der Waals surface area contributed by atoms with Crippen molar-refractivity contribution < 1.29 is 12.8 Å². The van der Waals surface area contributed by atoms with Crippen LogP contribution < -0.4 is 10.5 Å². The normalized spacial score (nSPS) is 14.8. The Morgan fingerprint density at radius 2 is 1.92 bits per heavy atom. The quantitative estimate of drug-likeness (QED) is 0.799. The summed E-state index contributed by atoms with van der Waals surface area (Å²) in [6.45, 7) is 7.90. The number of sulfonamides is 1. The van der Waals surface area contributed by atoms with Gasteiger partial charge in [-0.15, -0.1) is 0 Å². The van der Waals surface area contributed by atoms with Crippen LogP contribution in [0.1, 0.15) is 33.1 Å². The van der Waals surface area contributed by atoms with Crippen LogP contribution >= 0.6 is 0 Å². The lowest BCUT2D eigenvalue weighted by atomic mass is 9.92. The van der Waals surface area contributed by atoms with Gasteiger partial charge in [-0.3, -0.25) is 0 Å². The summed E-state index contributed by atoms with van der Waals surface area (Å²) in [5.74, 6) is 0.898. The van der Waals surface area contributed by atoms with Crippen molar-refractivity contribution in [2.75, 3.05) is 6.54 Å². The molecule has 2 rings (SSSR count). The summed E-state index contributed by atoms with van der Waals surface area (Å²) in [6.07, 6.45) is 2.21. The molecule has 6 nitrogen and oxygen atoms in total. The lowest BCUT2D eigenvalue weighted by Crippen LogP contribution is -2.51. The average molecular weight is 351 g/mol. The number of aryl methyl sites for hydroxylation is 1. The van der Waals surface area contributed by atoms with Crippen molar-refractivity contribution in [2.45, 2.75) is 44.6 Å². The topological polar surface area (TPSA) is 98.2 Å². The lowest BCUT2D eigenvalue weighted by Gasteiger charge is -2.30. The maximum atomic E-state index is 12.6. The van der Waals surface area contributed by atoms with Gasteiger partial charge in [0.05, 0.1) is 4.90 Å². The molecule has 1 aromatic heterocycles. The molecule has 7 heteroatoms. The molecule has 0 aliphatic heterocycles. The number of hydrogen-bond acceptors (Lipinski definition) is 5. The Morgan fingerprint density at radius 3 is 2.38 bits per heavy atom. The third-order valence-electron chi connectivity index (χ3n) is 3.77. The number of hydrogen-bond donors (Lipinski definition) is 2. The highest BCUT2D eigenvalue weighted by Gasteiger charge is 2.30. The molecule has 1 atom stereocenters. The smallest absolute Gasteiger partial charge is 0.241 e. The van der Waals surface area contributed by atoms with Gasteiger partial charge in [0, 0.05) is 24.6 Å². The molecule has 24 heavy (non-hydrogen) atoms. The molecule has 0 amide bonds. The van der Waals surface area contributed by atoms with E-state index >= 15 is 0 Å². The Balaban J connectivity index is 2.23. The molecule has 0 saturated heterocycles. The van der Waals surface area contributed by atoms with Crippen LogP contribution in [0.3, 0.4) is 0 Å². The number of rotatable bonds is 7. The molecule has 132 valence electrons. The van der Waals surface area contributed by atoms with Gasteiger partial charge in [0.25, 0.3) is 0 Å². The second-order valence-corrected chi connectivity index (χ2v) is 8.43. The number of aromatic nitrogens is 1. The van der Waals surface area contributed by atoms with Crippen LogP contribution in [-0.2, 0) is 10.0 Å². The van der Waals surface area contributed by atoms with Gasteiger partial charge in [-0.1, -0.05) is 26.0 Å². The SMILES string of the molecule is Cc1nc(-c2ccc(S(=O)(=O)NC(C)(CN)CC(C)C)cc2)co1. The molecule has 0 bridgehead atoms. The highest BCUT2D eigenvalue weighted by atomic mass is 32.2. The van der Waals surface area contributed by atoms with E-state index in [4.69, 9.17) is 10.2 Å². The van der Waals surface area contributed by atoms with Gasteiger partial charge < -0.3 is 10.2 Å². The molecule has 1 unspecified atom stereocenters. The molecular weight excluding hydrogens is 326 g/mol. The molecule has 0 spiro atoms. The zero-order valence-corrected chi connectivity index (χ0v) is 15.4. The fourth-order valence-electron chi connectivity index (χ4n) is 2.75. The summed E-state index contributed by atoms with van der Waals surface area (Å²) in [6, 6.07) is 6.56. The van der Waals surface area contributed by atoms with E-state index in [2.05, 4.69) is 9.71 Å². The Bertz CT molecular complexity index is 782. The number of oxazole rings is 1. The summed E-state index contributed by atoms with van der Waals surface area (Å²) in [5, 5.41) is 0. The average Bonchev–Trinajstić information content (AvgIpc) is 2.92. The zero-order valence-electron chi connectivity index (χ0n) is 14.5. The van der Waals surface area contributed by atoms with Crippen LogP contribution in [0, 0.1) is 12.8 Å². The minimum atomic E-state index is -3.64. The van der Waals surface area contributed by atoms with Gasteiger partial charge in [-0.25, -0.2) is 18.1 Å². The monoisotopic (exact) mass is 351 g/mol. The Hall–Kier alpha value is -1.70. The van der Waals surface area contributed by atoms with E-state index in [1.54, 1.807) is 37.5 Å². The predicted octanol–water partition coefficient (Wildman–Crippen LogP) is 2.69. The van der Waals surface area contributed by atoms with Gasteiger partial charge in [-0.05, 0) is 31.4 Å². The molecule has 0 radical (unpaired) electrons. The first-order valence-corrected chi connectivity index (χ1v) is 9.40. The van der Waals surface area contributed by atoms with Gasteiger partial charge in [-0.2, -0.15) is 0 Å². The first kappa shape index (κ1) is 18.6. The van der Waals surface area contributed by atoms with Crippen LogP contribution in [-0.4, -0.2) is 25.5 Å². The Morgan fingerprint density at radius 1 is 1.29 bits per heavy atom. The second kappa shape index (κ2) is 7.04. The van der Waals surface area contributed by atoms with Crippen molar-refractivity contribution in [1.82, 2.24) is 9.71 Å². The molecule has 0 saturated carbocycles. The van der Waals surface area contributed by atoms with Crippen molar-refractivity contribution in [3.05, 3.63) is 36.4 Å². The van der Waals surface area contributed by atoms with E-state index < -0.39 is 15.6 Å². The van der Waals surface area contributed by atoms with Crippen LogP contribution in [0.4, 0.5) is 0 Å². The Labute approximate surface area is 143 Å². The largest absolute Gasteiger partial charge is 0.449 e. The third-order valence-corrected chi connectivity index (χ3v) is 5.42. The van der Waals surface area contributed by atoms with Crippen molar-refractivity contribution in [3.63, 3.8) is 0 Å². The first-order valence-electron chi connectivity index (χ1n) is 7.92. The lowest BCUT2D eigenvalue weighted by molar-refractivity contribution is 0.344. The van der Waals surface area contributed by atoms with Gasteiger partial charge in [0.15, 0.2) is 5.89 Å². The van der Waals surface area contributed by atoms with Crippen molar-refractivity contribution in [1.29, 1.82) is 0 Å². The number of nitrogens with zero attached hydrogens (tertiary/aromatic N) is 1. The number of nitrogens with one attached hydrogen (secondary N) is 1. The van der Waals surface area contributed by atoms with E-state index in [0.29, 0.717) is 23.9 Å². The molecule has 0 aliphatic carbocycles. The number of nitrogens with two attached hydrogens (primary N) is 1. The second-order valence-electron chi connectivity index (χ2n) is 6.74. The van der Waals surface area contributed by atoms with E-state index in [1.165, 1.54) is 0 Å². The van der Waals surface area contributed by atoms with Crippen molar-refractivity contribution >= 4 is 10.0 Å². The maximum absolute atomic E-state index is 12.6. The fourth-order valence-corrected chi connectivity index (χ4v) is 4.18. The van der Waals surface area contributed by atoms with Crippen molar-refractivity contribution in [3.8, 4) is 11.3 Å². The van der Waals surface area contributed by atoms with Crippen LogP contribution in [0.15, 0.2) is 39.8 Å². The Kier molecular flexibility index (Phi) is 5.47. The molecule has 0 aliphatic rings. The molecule has 0 fully saturated rings. The summed E-state index contributed by atoms with van der Waals surface area (Å²) in [5.41, 5.74) is 6.60. The summed E-state index contributed by atoms with van der Waals surface area (Å²) in [4.78, 5) is 4.43. The standard InChI is InChI=1S/C17H25N3O3S/c1-12(2)9-17(4,11-18)20-24(21,22)15-7-5-14(6-8-15)16-10-23-13(3)19-16/h5-8,10,12,20H,9,11,18H2,1-4H3. The highest BCUT2D eigenvalue weighted by Crippen LogP contribution is 2.23. The molecular formula is C17H25N3O3S. The first-order chi connectivity index (χ1) is 11.1. The van der Waals surface area contributed by atoms with Crippen LogP contribution in [0.25, 0.3) is 11.3 Å². The fraction of sp³-hybridized carbons (Fsp3) is 0.471. The van der Waals surface area contributed by atoms with Crippen LogP contribution in [0.2, 0.25) is 0 Å². The van der Waals surface area contributed by atoms with E-state index in [1.807, 2.05) is 20.8 Å². The molecule has 1 heterocycles. The summed E-state index contributed by atoms with van der Waals surface area (Å²) >= 11 is 0. The van der Waals surface area contributed by atoms with Gasteiger partial charge in [0.2, 0.25) is 10.0 Å². The summed E-state index contributed by atoms with van der Waals surface area (Å²) < 4.78 is 33.2. The zero-order chi connectivity index (χ0) is 18.0. The molecule has 1 aromatic carbocycles. The van der Waals surface area contributed by atoms with E-state index in [-0.39, 0.29) is 11.4 Å². The minimum Gasteiger partial charge on any atom is -0.449 e. The van der Waals surface area contributed by atoms with Crippen molar-refractivity contribution in [2.24, 2.45) is 11.7 Å². The highest BCUT2D eigenvalue weighted by molar-refractivity contribution is 7.89.